The lowest BCUT2D eigenvalue weighted by molar-refractivity contribution is 0.140. The van der Waals surface area contributed by atoms with Crippen molar-refractivity contribution in [2.24, 2.45) is 0 Å². The second-order valence-corrected chi connectivity index (χ2v) is 4.63. The van der Waals surface area contributed by atoms with Crippen LogP contribution in [0.2, 0.25) is 0 Å². The molecule has 0 saturated carbocycles. The van der Waals surface area contributed by atoms with E-state index < -0.39 is 6.09 Å². The zero-order valence-electron chi connectivity index (χ0n) is 12.9. The van der Waals surface area contributed by atoms with Crippen molar-refractivity contribution < 1.29 is 14.3 Å². The molecule has 2 aromatic rings. The maximum absolute atomic E-state index is 11.5. The van der Waals surface area contributed by atoms with Gasteiger partial charge in [-0.1, -0.05) is 42.2 Å². The first kappa shape index (κ1) is 16.4. The van der Waals surface area contributed by atoms with Crippen molar-refractivity contribution in [3.63, 3.8) is 0 Å². The lowest BCUT2D eigenvalue weighted by atomic mass is 10.2. The van der Waals surface area contributed by atoms with Gasteiger partial charge in [0.05, 0.1) is 7.11 Å². The number of hydrogen-bond acceptors (Lipinski definition) is 4. The Kier molecular flexibility index (Phi) is 6.48. The maximum atomic E-state index is 11.5. The summed E-state index contributed by atoms with van der Waals surface area (Å²) in [6.45, 7) is 0.692. The molecule has 1 aromatic carbocycles. The summed E-state index contributed by atoms with van der Waals surface area (Å²) in [5.74, 6) is 6.49. The summed E-state index contributed by atoms with van der Waals surface area (Å²) in [7, 11) is 1.56. The van der Waals surface area contributed by atoms with Gasteiger partial charge in [-0.15, -0.1) is 0 Å². The average molecular weight is 310 g/mol. The summed E-state index contributed by atoms with van der Waals surface area (Å²) in [4.78, 5) is 15.5. The smallest absolute Gasteiger partial charge is 0.407 e. The number of nitrogens with one attached hydrogen (secondary N) is 1. The fraction of sp³-hybridized carbons (Fsp3) is 0.222. The van der Waals surface area contributed by atoms with Crippen LogP contribution in [0.3, 0.4) is 0 Å². The topological polar surface area (TPSA) is 60.5 Å². The lowest BCUT2D eigenvalue weighted by Gasteiger charge is -2.05. The Morgan fingerprint density at radius 3 is 2.87 bits per heavy atom. The summed E-state index contributed by atoms with van der Waals surface area (Å²) < 4.78 is 10.1. The SMILES string of the molecule is COc1cc(C#CCCNC(=O)OCc2ccccc2)ccn1. The molecule has 0 fully saturated rings. The molecule has 0 atom stereocenters. The number of benzene rings is 1. The van der Waals surface area contributed by atoms with Crippen LogP contribution < -0.4 is 10.1 Å². The van der Waals surface area contributed by atoms with Gasteiger partial charge >= 0.3 is 6.09 Å². The molecule has 0 aliphatic rings. The van der Waals surface area contributed by atoms with Crippen LogP contribution in [-0.2, 0) is 11.3 Å². The fourth-order valence-corrected chi connectivity index (χ4v) is 1.76. The Balaban J connectivity index is 1.67. The molecule has 1 aromatic heterocycles. The minimum Gasteiger partial charge on any atom is -0.481 e. The van der Waals surface area contributed by atoms with E-state index in [4.69, 9.17) is 9.47 Å². The molecular weight excluding hydrogens is 292 g/mol. The molecule has 0 aliphatic heterocycles. The van der Waals surface area contributed by atoms with E-state index >= 15 is 0 Å². The van der Waals surface area contributed by atoms with E-state index in [-0.39, 0.29) is 6.61 Å². The molecule has 5 nitrogen and oxygen atoms in total. The van der Waals surface area contributed by atoms with Gasteiger partial charge in [-0.25, -0.2) is 9.78 Å². The Bertz CT molecular complexity index is 690. The Hall–Kier alpha value is -3.00. The van der Waals surface area contributed by atoms with Crippen LogP contribution in [0.25, 0.3) is 0 Å². The number of methoxy groups -OCH3 is 1. The highest BCUT2D eigenvalue weighted by molar-refractivity contribution is 5.67. The molecule has 1 heterocycles. The van der Waals surface area contributed by atoms with Gasteiger partial charge < -0.3 is 14.8 Å². The van der Waals surface area contributed by atoms with Crippen molar-refractivity contribution >= 4 is 6.09 Å². The molecule has 0 unspecified atom stereocenters. The summed E-state index contributed by atoms with van der Waals surface area (Å²) in [5.41, 5.74) is 1.78. The third-order valence-electron chi connectivity index (χ3n) is 2.91. The minimum atomic E-state index is -0.443. The number of nitrogens with zero attached hydrogens (tertiary/aromatic N) is 1. The van der Waals surface area contributed by atoms with E-state index in [1.54, 1.807) is 25.4 Å². The van der Waals surface area contributed by atoms with E-state index in [1.807, 2.05) is 30.3 Å². The fourth-order valence-electron chi connectivity index (χ4n) is 1.76. The number of carbonyl (C=O) groups is 1. The predicted molar refractivity (Wildman–Crippen MR) is 86.9 cm³/mol. The summed E-state index contributed by atoms with van der Waals surface area (Å²) in [5, 5.41) is 2.66. The molecule has 1 amide bonds. The summed E-state index contributed by atoms with van der Waals surface area (Å²) in [6.07, 6.45) is 1.73. The molecule has 0 bridgehead atoms. The predicted octanol–water partition coefficient (Wildman–Crippen LogP) is 2.76. The number of ether oxygens (including phenoxy) is 2. The van der Waals surface area contributed by atoms with Crippen molar-refractivity contribution in [1.29, 1.82) is 0 Å². The van der Waals surface area contributed by atoms with Gasteiger partial charge in [-0.3, -0.25) is 0 Å². The highest BCUT2D eigenvalue weighted by atomic mass is 16.5. The number of aromatic nitrogens is 1. The van der Waals surface area contributed by atoms with Crippen LogP contribution in [0.5, 0.6) is 5.88 Å². The third kappa shape index (κ3) is 6.10. The average Bonchev–Trinajstić information content (AvgIpc) is 2.61. The molecule has 5 heteroatoms. The zero-order chi connectivity index (χ0) is 16.3. The number of pyridine rings is 1. The molecule has 2 rings (SSSR count). The summed E-state index contributed by atoms with van der Waals surface area (Å²) in [6, 6.07) is 13.1. The molecule has 1 N–H and O–H groups in total. The van der Waals surface area contributed by atoms with Crippen molar-refractivity contribution in [2.45, 2.75) is 13.0 Å². The van der Waals surface area contributed by atoms with Gasteiger partial charge in [0.25, 0.3) is 0 Å². The van der Waals surface area contributed by atoms with E-state index in [0.717, 1.165) is 11.1 Å². The highest BCUT2D eigenvalue weighted by Crippen LogP contribution is 2.06. The second-order valence-electron chi connectivity index (χ2n) is 4.63. The number of rotatable bonds is 5. The van der Waals surface area contributed by atoms with Crippen LogP contribution in [0, 0.1) is 11.8 Å². The Morgan fingerprint density at radius 2 is 2.09 bits per heavy atom. The molecule has 23 heavy (non-hydrogen) atoms. The van der Waals surface area contributed by atoms with E-state index in [0.29, 0.717) is 18.8 Å². The monoisotopic (exact) mass is 310 g/mol. The van der Waals surface area contributed by atoms with Gasteiger partial charge in [0, 0.05) is 30.8 Å². The first-order chi connectivity index (χ1) is 11.3. The first-order valence-electron chi connectivity index (χ1n) is 7.21. The van der Waals surface area contributed by atoms with Crippen LogP contribution in [-0.4, -0.2) is 24.7 Å². The molecule has 0 radical (unpaired) electrons. The minimum absolute atomic E-state index is 0.259. The van der Waals surface area contributed by atoms with E-state index in [1.165, 1.54) is 0 Å². The molecular formula is C18H18N2O3. The normalized spacial score (nSPS) is 9.43. The van der Waals surface area contributed by atoms with Crippen LogP contribution in [0.4, 0.5) is 4.79 Å². The Labute approximate surface area is 135 Å². The van der Waals surface area contributed by atoms with Crippen molar-refractivity contribution in [2.75, 3.05) is 13.7 Å². The molecule has 0 saturated heterocycles. The number of amides is 1. The van der Waals surface area contributed by atoms with Gasteiger partial charge in [0.1, 0.15) is 6.61 Å². The van der Waals surface area contributed by atoms with E-state index in [9.17, 15) is 4.79 Å². The van der Waals surface area contributed by atoms with Gasteiger partial charge in [0.2, 0.25) is 5.88 Å². The Morgan fingerprint density at radius 1 is 1.26 bits per heavy atom. The number of hydrogen-bond donors (Lipinski definition) is 1. The third-order valence-corrected chi connectivity index (χ3v) is 2.91. The van der Waals surface area contributed by atoms with Crippen LogP contribution in [0.15, 0.2) is 48.7 Å². The van der Waals surface area contributed by atoms with Crippen molar-refractivity contribution in [1.82, 2.24) is 10.3 Å². The van der Waals surface area contributed by atoms with E-state index in [2.05, 4.69) is 22.1 Å². The van der Waals surface area contributed by atoms with Gasteiger partial charge in [-0.2, -0.15) is 0 Å². The maximum Gasteiger partial charge on any atom is 0.407 e. The number of carbonyl (C=O) groups excluding carboxylic acids is 1. The molecule has 118 valence electrons. The van der Waals surface area contributed by atoms with Crippen molar-refractivity contribution in [3.05, 3.63) is 59.8 Å². The quantitative estimate of drug-likeness (QED) is 0.681. The van der Waals surface area contributed by atoms with Crippen LogP contribution in [0.1, 0.15) is 17.5 Å². The second kappa shape index (κ2) is 9.11. The van der Waals surface area contributed by atoms with Gasteiger partial charge in [-0.05, 0) is 11.6 Å². The molecule has 0 spiro atoms. The van der Waals surface area contributed by atoms with Crippen molar-refractivity contribution in [3.8, 4) is 17.7 Å². The molecule has 0 aliphatic carbocycles. The standard InChI is InChI=1S/C18H18N2O3/c1-22-17-13-15(10-12-19-17)7-5-6-11-20-18(21)23-14-16-8-3-2-4-9-16/h2-4,8-10,12-13H,6,11,14H2,1H3,(H,20,21). The highest BCUT2D eigenvalue weighted by Gasteiger charge is 2.00. The number of alkyl carbamates (subject to hydrolysis) is 1. The first-order valence-corrected chi connectivity index (χ1v) is 7.21. The van der Waals surface area contributed by atoms with Crippen LogP contribution >= 0.6 is 0 Å². The largest absolute Gasteiger partial charge is 0.481 e. The lowest BCUT2D eigenvalue weighted by Crippen LogP contribution is -2.24. The zero-order valence-corrected chi connectivity index (χ0v) is 12.9. The van der Waals surface area contributed by atoms with Gasteiger partial charge in [0.15, 0.2) is 0 Å². The summed E-state index contributed by atoms with van der Waals surface area (Å²) >= 11 is 0.